The molecular formula is C19H24N2O4S2. The van der Waals surface area contributed by atoms with E-state index in [9.17, 15) is 4.79 Å². The second kappa shape index (κ2) is 10.3. The molecule has 8 heteroatoms. The first-order valence-corrected chi connectivity index (χ1v) is 10.2. The van der Waals surface area contributed by atoms with Gasteiger partial charge in [0.15, 0.2) is 0 Å². The number of methoxy groups -OCH3 is 3. The van der Waals surface area contributed by atoms with Gasteiger partial charge < -0.3 is 14.2 Å². The van der Waals surface area contributed by atoms with Gasteiger partial charge in [-0.15, -0.1) is 22.7 Å². The van der Waals surface area contributed by atoms with Gasteiger partial charge in [0.05, 0.1) is 37.1 Å². The van der Waals surface area contributed by atoms with E-state index in [2.05, 4.69) is 21.6 Å². The predicted octanol–water partition coefficient (Wildman–Crippen LogP) is 4.20. The van der Waals surface area contributed by atoms with E-state index in [0.717, 1.165) is 27.8 Å². The van der Waals surface area contributed by atoms with Crippen molar-refractivity contribution in [3.8, 4) is 10.7 Å². The van der Waals surface area contributed by atoms with Crippen molar-refractivity contribution in [2.24, 2.45) is 5.92 Å². The zero-order chi connectivity index (χ0) is 19.8. The number of nitrogens with zero attached hydrogens (tertiary/aromatic N) is 2. The molecule has 6 nitrogen and oxygen atoms in total. The Morgan fingerprint density at radius 1 is 1.19 bits per heavy atom. The van der Waals surface area contributed by atoms with Gasteiger partial charge in [0.1, 0.15) is 16.5 Å². The Bertz CT molecular complexity index is 810. The molecule has 0 aromatic carbocycles. The average Bonchev–Trinajstić information content (AvgIpc) is 3.35. The number of hydrogen-bond donors (Lipinski definition) is 0. The van der Waals surface area contributed by atoms with E-state index in [1.54, 1.807) is 29.8 Å². The number of carbonyl (C=O) groups is 1. The van der Waals surface area contributed by atoms with Crippen LogP contribution in [0.4, 0.5) is 0 Å². The molecule has 0 N–H and O–H groups in total. The molecule has 2 rings (SSSR count). The minimum Gasteiger partial charge on any atom is -0.500 e. The Morgan fingerprint density at radius 2 is 1.96 bits per heavy atom. The summed E-state index contributed by atoms with van der Waals surface area (Å²) in [5, 5.41) is 6.02. The molecule has 146 valence electrons. The van der Waals surface area contributed by atoms with Gasteiger partial charge >= 0.3 is 5.97 Å². The van der Waals surface area contributed by atoms with E-state index in [4.69, 9.17) is 9.47 Å². The van der Waals surface area contributed by atoms with E-state index >= 15 is 0 Å². The molecule has 0 fully saturated rings. The van der Waals surface area contributed by atoms with Crippen LogP contribution in [-0.4, -0.2) is 43.4 Å². The lowest BCUT2D eigenvalue weighted by Crippen LogP contribution is -2.21. The maximum Gasteiger partial charge on any atom is 0.333 e. The second-order valence-corrected chi connectivity index (χ2v) is 7.48. The second-order valence-electron chi connectivity index (χ2n) is 5.68. The smallest absolute Gasteiger partial charge is 0.333 e. The van der Waals surface area contributed by atoms with Crippen LogP contribution in [-0.2, 0) is 25.4 Å². The van der Waals surface area contributed by atoms with Gasteiger partial charge in [-0.1, -0.05) is 19.9 Å². The van der Waals surface area contributed by atoms with Gasteiger partial charge in [-0.05, 0) is 12.5 Å². The average molecular weight is 409 g/mol. The maximum atomic E-state index is 11.5. The summed E-state index contributed by atoms with van der Waals surface area (Å²) in [6, 6.07) is 0. The molecule has 27 heavy (non-hydrogen) atoms. The molecule has 0 saturated heterocycles. The Morgan fingerprint density at radius 3 is 2.56 bits per heavy atom. The summed E-state index contributed by atoms with van der Waals surface area (Å²) in [4.78, 5) is 20.7. The van der Waals surface area contributed by atoms with Crippen LogP contribution < -0.4 is 0 Å². The number of thiazole rings is 2. The summed E-state index contributed by atoms with van der Waals surface area (Å²) in [5.41, 5.74) is 1.76. The quantitative estimate of drug-likeness (QED) is 0.352. The van der Waals surface area contributed by atoms with Crippen LogP contribution >= 0.6 is 22.7 Å². The van der Waals surface area contributed by atoms with Crippen molar-refractivity contribution in [2.45, 2.75) is 26.4 Å². The van der Waals surface area contributed by atoms with Crippen molar-refractivity contribution >= 4 is 34.7 Å². The highest BCUT2D eigenvalue weighted by Crippen LogP contribution is 2.26. The Kier molecular flexibility index (Phi) is 8.15. The molecule has 2 aromatic rings. The molecule has 0 spiro atoms. The van der Waals surface area contributed by atoms with Crippen LogP contribution in [0.2, 0.25) is 0 Å². The van der Waals surface area contributed by atoms with Crippen LogP contribution in [0.1, 0.15) is 24.5 Å². The third-order valence-corrected chi connectivity index (χ3v) is 5.84. The van der Waals surface area contributed by atoms with Crippen molar-refractivity contribution in [2.75, 3.05) is 21.3 Å². The molecule has 0 amide bonds. The normalized spacial score (nSPS) is 14.3. The third-order valence-electron chi connectivity index (χ3n) is 3.96. The van der Waals surface area contributed by atoms with Crippen LogP contribution in [0.25, 0.3) is 16.8 Å². The lowest BCUT2D eigenvalue weighted by Gasteiger charge is -2.21. The Hall–Kier alpha value is -2.03. The summed E-state index contributed by atoms with van der Waals surface area (Å²) < 4.78 is 15.5. The molecular weight excluding hydrogens is 384 g/mol. The van der Waals surface area contributed by atoms with Gasteiger partial charge in [0, 0.05) is 23.8 Å². The van der Waals surface area contributed by atoms with Crippen molar-refractivity contribution < 1.29 is 19.0 Å². The summed E-state index contributed by atoms with van der Waals surface area (Å²) in [5.74, 6) is -0.137. The number of hydrogen-bond acceptors (Lipinski definition) is 8. The summed E-state index contributed by atoms with van der Waals surface area (Å²) in [6.07, 6.45) is 5.79. The number of rotatable bonds is 9. The molecule has 0 aliphatic carbocycles. The van der Waals surface area contributed by atoms with E-state index in [-0.39, 0.29) is 12.0 Å². The zero-order valence-electron chi connectivity index (χ0n) is 16.1. The van der Waals surface area contributed by atoms with Crippen molar-refractivity contribution in [1.29, 1.82) is 0 Å². The topological polar surface area (TPSA) is 70.5 Å². The van der Waals surface area contributed by atoms with Crippen LogP contribution in [0.15, 0.2) is 28.7 Å². The molecule has 0 saturated carbocycles. The first kappa shape index (κ1) is 21.3. The van der Waals surface area contributed by atoms with E-state index in [0.29, 0.717) is 5.76 Å². The molecule has 0 bridgehead atoms. The minimum atomic E-state index is -0.462. The van der Waals surface area contributed by atoms with Crippen LogP contribution in [0, 0.1) is 5.92 Å². The van der Waals surface area contributed by atoms with Gasteiger partial charge in [0.2, 0.25) is 0 Å². The van der Waals surface area contributed by atoms with Crippen molar-refractivity contribution in [3.63, 3.8) is 0 Å². The third kappa shape index (κ3) is 5.72. The number of ether oxygens (including phenoxy) is 3. The Labute approximate surface area is 167 Å². The highest BCUT2D eigenvalue weighted by Gasteiger charge is 2.20. The molecule has 0 radical (unpaired) electrons. The fourth-order valence-corrected chi connectivity index (χ4v) is 3.96. The molecule has 2 unspecified atom stereocenters. The van der Waals surface area contributed by atoms with Crippen molar-refractivity contribution in [3.05, 3.63) is 39.4 Å². The van der Waals surface area contributed by atoms with E-state index in [1.165, 1.54) is 20.3 Å². The first-order valence-electron chi connectivity index (χ1n) is 8.47. The lowest BCUT2D eigenvalue weighted by atomic mass is 10.0. The van der Waals surface area contributed by atoms with Crippen LogP contribution in [0.3, 0.4) is 0 Å². The molecule has 2 heterocycles. The van der Waals surface area contributed by atoms with E-state index < -0.39 is 5.97 Å². The minimum absolute atomic E-state index is 0.167. The van der Waals surface area contributed by atoms with Crippen molar-refractivity contribution in [1.82, 2.24) is 9.97 Å². The van der Waals surface area contributed by atoms with Gasteiger partial charge in [-0.3, -0.25) is 0 Å². The summed E-state index contributed by atoms with van der Waals surface area (Å²) >= 11 is 3.21. The fourth-order valence-electron chi connectivity index (χ4n) is 2.41. The lowest BCUT2D eigenvalue weighted by molar-refractivity contribution is -0.135. The highest BCUT2D eigenvalue weighted by molar-refractivity contribution is 7.14. The largest absolute Gasteiger partial charge is 0.500 e. The highest BCUT2D eigenvalue weighted by atomic mass is 32.1. The molecule has 2 aromatic heterocycles. The van der Waals surface area contributed by atoms with Gasteiger partial charge in [-0.2, -0.15) is 0 Å². The molecule has 2 atom stereocenters. The van der Waals surface area contributed by atoms with Crippen LogP contribution in [0.5, 0.6) is 0 Å². The zero-order valence-corrected chi connectivity index (χ0v) is 17.7. The van der Waals surface area contributed by atoms with Gasteiger partial charge in [0.25, 0.3) is 0 Å². The number of aromatic nitrogens is 2. The maximum absolute atomic E-state index is 11.5. The number of carbonyl (C=O) groups excluding carboxylic acids is 1. The fraction of sp³-hybridized carbons (Fsp3) is 0.421. The summed E-state index contributed by atoms with van der Waals surface area (Å²) in [6.45, 7) is 4.01. The standard InChI is InChI=1S/C19H24N2O4S2/c1-6-17-21-14(11-26-17)19-20-13(10-27-19)7-8-15(23-3)12(2)16(24-4)9-18(22)25-5/h7-12,15H,6H2,1-5H3/b8-7+,16-9-. The monoisotopic (exact) mass is 408 g/mol. The van der Waals surface area contributed by atoms with Gasteiger partial charge in [-0.25, -0.2) is 14.8 Å². The molecule has 0 aliphatic rings. The first-order chi connectivity index (χ1) is 13.0. The molecule has 0 aliphatic heterocycles. The SMILES string of the molecule is CCc1nc(-c2nc(/C=C/C(OC)C(C)/C(=C/C(=O)OC)OC)cs2)cs1. The van der Waals surface area contributed by atoms with E-state index in [1.807, 2.05) is 29.8 Å². The number of aryl methyl sites for hydroxylation is 1. The Balaban J connectivity index is 2.12. The number of esters is 1. The predicted molar refractivity (Wildman–Crippen MR) is 109 cm³/mol. The summed E-state index contributed by atoms with van der Waals surface area (Å²) in [7, 11) is 4.47.